The van der Waals surface area contributed by atoms with E-state index in [-0.39, 0.29) is 5.91 Å². The number of thiazole rings is 1. The van der Waals surface area contributed by atoms with Gasteiger partial charge in [0.25, 0.3) is 0 Å². The average Bonchev–Trinajstić information content (AvgIpc) is 3.10. The summed E-state index contributed by atoms with van der Waals surface area (Å²) in [4.78, 5) is 20.6. The lowest BCUT2D eigenvalue weighted by Gasteiger charge is -2.23. The van der Waals surface area contributed by atoms with Crippen molar-refractivity contribution >= 4 is 17.2 Å². The molecular weight excluding hydrogens is 322 g/mol. The summed E-state index contributed by atoms with van der Waals surface area (Å²) >= 11 is 1.51. The number of aliphatic hydroxyl groups excluding tert-OH is 1. The van der Waals surface area contributed by atoms with Crippen LogP contribution in [0, 0.1) is 5.92 Å². The molecule has 3 rings (SSSR count). The van der Waals surface area contributed by atoms with Crippen molar-refractivity contribution in [2.45, 2.75) is 51.2 Å². The lowest BCUT2D eigenvalue weighted by atomic mass is 9.85. The minimum absolute atomic E-state index is 0.291. The number of nitrogens with one attached hydrogen (secondary N) is 1. The quantitative estimate of drug-likeness (QED) is 0.843. The molecule has 1 fully saturated rings. The summed E-state index contributed by atoms with van der Waals surface area (Å²) in [6, 6.07) is 3.82. The molecule has 0 aliphatic heterocycles. The van der Waals surface area contributed by atoms with E-state index in [4.69, 9.17) is 0 Å². The maximum absolute atomic E-state index is 12.1. The number of pyridine rings is 1. The zero-order chi connectivity index (χ0) is 16.8. The second-order valence-electron chi connectivity index (χ2n) is 6.34. The molecular formula is C18H23N3O2S. The van der Waals surface area contributed by atoms with E-state index in [1.165, 1.54) is 30.6 Å². The van der Waals surface area contributed by atoms with E-state index in [1.807, 2.05) is 17.5 Å². The van der Waals surface area contributed by atoms with Crippen LogP contribution >= 0.6 is 11.3 Å². The molecule has 0 unspecified atom stereocenters. The fourth-order valence-corrected chi connectivity index (χ4v) is 3.92. The van der Waals surface area contributed by atoms with Crippen LogP contribution in [0.25, 0.3) is 11.3 Å². The normalized spacial score (nSPS) is 16.7. The summed E-state index contributed by atoms with van der Waals surface area (Å²) in [6.45, 7) is 0.357. The standard InChI is InChI=1S/C18H23N3O2S/c22-16(10-13-4-2-1-3-5-13)18(23)20-11-17-21-15(12-24-17)14-6-8-19-9-7-14/h6-9,12-13,16,22H,1-5,10-11H2,(H,20,23)/t16-/m1/s1. The number of carbonyl (C=O) groups excluding carboxylic acids is 1. The molecule has 1 aliphatic rings. The first kappa shape index (κ1) is 17.0. The zero-order valence-electron chi connectivity index (χ0n) is 13.6. The number of amides is 1. The van der Waals surface area contributed by atoms with Crippen molar-refractivity contribution in [1.29, 1.82) is 0 Å². The maximum Gasteiger partial charge on any atom is 0.249 e. The second kappa shape index (κ2) is 8.35. The lowest BCUT2D eigenvalue weighted by Crippen LogP contribution is -2.35. The van der Waals surface area contributed by atoms with Crippen molar-refractivity contribution in [3.8, 4) is 11.3 Å². The molecule has 1 atom stereocenters. The summed E-state index contributed by atoms with van der Waals surface area (Å²) in [6.07, 6.45) is 9.11. The molecule has 24 heavy (non-hydrogen) atoms. The largest absolute Gasteiger partial charge is 0.383 e. The van der Waals surface area contributed by atoms with Gasteiger partial charge in [-0.2, -0.15) is 0 Å². The van der Waals surface area contributed by atoms with Gasteiger partial charge in [0.05, 0.1) is 12.2 Å². The van der Waals surface area contributed by atoms with Crippen molar-refractivity contribution in [3.05, 3.63) is 34.9 Å². The number of carbonyl (C=O) groups is 1. The van der Waals surface area contributed by atoms with Gasteiger partial charge in [-0.15, -0.1) is 11.3 Å². The van der Waals surface area contributed by atoms with Crippen LogP contribution in [0.3, 0.4) is 0 Å². The van der Waals surface area contributed by atoms with Gasteiger partial charge in [-0.25, -0.2) is 4.98 Å². The first-order valence-corrected chi connectivity index (χ1v) is 9.41. The highest BCUT2D eigenvalue weighted by Crippen LogP contribution is 2.27. The van der Waals surface area contributed by atoms with Crippen molar-refractivity contribution in [2.24, 2.45) is 5.92 Å². The number of hydrogen-bond acceptors (Lipinski definition) is 5. The smallest absolute Gasteiger partial charge is 0.249 e. The summed E-state index contributed by atoms with van der Waals surface area (Å²) < 4.78 is 0. The van der Waals surface area contributed by atoms with Gasteiger partial charge in [0.15, 0.2) is 0 Å². The zero-order valence-corrected chi connectivity index (χ0v) is 14.5. The van der Waals surface area contributed by atoms with E-state index in [9.17, 15) is 9.90 Å². The third-order valence-corrected chi connectivity index (χ3v) is 5.37. The molecule has 0 saturated heterocycles. The second-order valence-corrected chi connectivity index (χ2v) is 7.28. The Morgan fingerprint density at radius 1 is 1.29 bits per heavy atom. The molecule has 2 aromatic rings. The molecule has 1 amide bonds. The van der Waals surface area contributed by atoms with Crippen LogP contribution in [-0.4, -0.2) is 27.1 Å². The van der Waals surface area contributed by atoms with Gasteiger partial charge in [0, 0.05) is 23.3 Å². The molecule has 0 bridgehead atoms. The van der Waals surface area contributed by atoms with Crippen LogP contribution in [0.1, 0.15) is 43.5 Å². The van der Waals surface area contributed by atoms with Crippen LogP contribution in [0.15, 0.2) is 29.9 Å². The van der Waals surface area contributed by atoms with Crippen LogP contribution in [0.5, 0.6) is 0 Å². The number of aliphatic hydroxyl groups is 1. The summed E-state index contributed by atoms with van der Waals surface area (Å²) in [5.74, 6) is 0.193. The fourth-order valence-electron chi connectivity index (χ4n) is 3.17. The Kier molecular flexibility index (Phi) is 5.93. The molecule has 128 valence electrons. The molecule has 0 spiro atoms. The monoisotopic (exact) mass is 345 g/mol. The predicted octanol–water partition coefficient (Wildman–Crippen LogP) is 3.15. The van der Waals surface area contributed by atoms with Crippen molar-refractivity contribution in [2.75, 3.05) is 0 Å². The topological polar surface area (TPSA) is 75.1 Å². The van der Waals surface area contributed by atoms with Crippen LogP contribution < -0.4 is 5.32 Å². The molecule has 6 heteroatoms. The number of hydrogen-bond donors (Lipinski definition) is 2. The number of rotatable bonds is 6. The Hall–Kier alpha value is -1.79. The third kappa shape index (κ3) is 4.61. The molecule has 5 nitrogen and oxygen atoms in total. The molecule has 2 heterocycles. The van der Waals surface area contributed by atoms with Crippen molar-refractivity contribution in [1.82, 2.24) is 15.3 Å². The summed E-state index contributed by atoms with van der Waals surface area (Å²) in [5, 5.41) is 15.7. The Morgan fingerprint density at radius 3 is 2.79 bits per heavy atom. The van der Waals surface area contributed by atoms with E-state index >= 15 is 0 Å². The van der Waals surface area contributed by atoms with Crippen molar-refractivity contribution < 1.29 is 9.90 Å². The van der Waals surface area contributed by atoms with Gasteiger partial charge in [-0.1, -0.05) is 32.1 Å². The van der Waals surface area contributed by atoms with Crippen molar-refractivity contribution in [3.63, 3.8) is 0 Å². The number of nitrogens with zero attached hydrogens (tertiary/aromatic N) is 2. The molecule has 0 radical (unpaired) electrons. The Bertz CT molecular complexity index is 653. The Balaban J connectivity index is 1.48. The van der Waals surface area contributed by atoms with Crippen LogP contribution in [0.4, 0.5) is 0 Å². The van der Waals surface area contributed by atoms with Gasteiger partial charge in [0.2, 0.25) is 5.91 Å². The fraction of sp³-hybridized carbons (Fsp3) is 0.500. The van der Waals surface area contributed by atoms with Gasteiger partial charge in [-0.05, 0) is 24.5 Å². The number of aromatic nitrogens is 2. The lowest BCUT2D eigenvalue weighted by molar-refractivity contribution is -0.130. The first-order valence-electron chi connectivity index (χ1n) is 8.53. The highest BCUT2D eigenvalue weighted by Gasteiger charge is 2.22. The van der Waals surface area contributed by atoms with E-state index in [0.717, 1.165) is 29.1 Å². The van der Waals surface area contributed by atoms with Crippen LogP contribution in [-0.2, 0) is 11.3 Å². The minimum atomic E-state index is -0.910. The van der Waals surface area contributed by atoms with Gasteiger partial charge >= 0.3 is 0 Å². The van der Waals surface area contributed by atoms with E-state index in [1.54, 1.807) is 12.4 Å². The Labute approximate surface area is 146 Å². The Morgan fingerprint density at radius 2 is 2.04 bits per heavy atom. The molecule has 0 aromatic carbocycles. The molecule has 1 aliphatic carbocycles. The van der Waals surface area contributed by atoms with Crippen LogP contribution in [0.2, 0.25) is 0 Å². The summed E-state index contributed by atoms with van der Waals surface area (Å²) in [5.41, 5.74) is 1.89. The van der Waals surface area contributed by atoms with Gasteiger partial charge < -0.3 is 10.4 Å². The highest BCUT2D eigenvalue weighted by atomic mass is 32.1. The average molecular weight is 345 g/mol. The van der Waals surface area contributed by atoms with Gasteiger partial charge in [-0.3, -0.25) is 9.78 Å². The maximum atomic E-state index is 12.1. The first-order chi connectivity index (χ1) is 11.7. The molecule has 1 saturated carbocycles. The van der Waals surface area contributed by atoms with E-state index in [2.05, 4.69) is 15.3 Å². The van der Waals surface area contributed by atoms with E-state index < -0.39 is 6.10 Å². The van der Waals surface area contributed by atoms with E-state index in [0.29, 0.717) is 18.9 Å². The summed E-state index contributed by atoms with van der Waals surface area (Å²) in [7, 11) is 0. The molecule has 2 aromatic heterocycles. The molecule has 2 N–H and O–H groups in total. The van der Waals surface area contributed by atoms with Gasteiger partial charge in [0.1, 0.15) is 11.1 Å². The SMILES string of the molecule is O=C(NCc1nc(-c2ccncc2)cs1)[C@H](O)CC1CCCCC1. The minimum Gasteiger partial charge on any atom is -0.383 e. The third-order valence-electron chi connectivity index (χ3n) is 4.53. The predicted molar refractivity (Wildman–Crippen MR) is 94.4 cm³/mol. The highest BCUT2D eigenvalue weighted by molar-refractivity contribution is 7.09.